The van der Waals surface area contributed by atoms with Gasteiger partial charge in [0.05, 0.1) is 61.0 Å². The molecule has 3 fully saturated rings. The Hall–Kier alpha value is -7.46. The van der Waals surface area contributed by atoms with E-state index in [1.165, 1.54) is 30.4 Å². The molecule has 95 heavy (non-hydrogen) atoms. The summed E-state index contributed by atoms with van der Waals surface area (Å²) in [5.41, 5.74) is 6.99. The fraction of sp³-hybridized carbons (Fsp3) is 0.475. The number of unbranched alkanes of at least 4 members (excludes halogenated alkanes) is 3. The molecule has 0 radical (unpaired) electrons. The van der Waals surface area contributed by atoms with Gasteiger partial charge in [-0.05, 0) is 67.4 Å². The Morgan fingerprint density at radius 1 is 0.811 bits per heavy atom. The third-order valence-corrected chi connectivity index (χ3v) is 17.3. The number of fused-ring (bicyclic) bond motifs is 2. The second kappa shape index (κ2) is 34.5. The molecule has 0 spiro atoms. The van der Waals surface area contributed by atoms with Crippen LogP contribution in [0.1, 0.15) is 87.7 Å². The maximum absolute atomic E-state index is 14.7. The van der Waals surface area contributed by atoms with Gasteiger partial charge in [-0.1, -0.05) is 62.6 Å². The summed E-state index contributed by atoms with van der Waals surface area (Å²) in [4.78, 5) is 115. The molecule has 0 aliphatic carbocycles. The molecular weight excluding hydrogens is 1300 g/mol. The third-order valence-electron chi connectivity index (χ3n) is 16.0. The molecule has 508 valence electrons. The van der Waals surface area contributed by atoms with Crippen LogP contribution in [0.25, 0.3) is 26.8 Å². The van der Waals surface area contributed by atoms with Crippen LogP contribution in [0, 0.1) is 5.92 Å². The number of β-amino-alcohol motifs (C(OH)–C–C–N with tert-alkyl or cyclic N) is 1. The monoisotopic (exact) mass is 1370 g/mol. The summed E-state index contributed by atoms with van der Waals surface area (Å²) in [5, 5.41) is 130. The van der Waals surface area contributed by atoms with Gasteiger partial charge < -0.3 is 97.1 Å². The van der Waals surface area contributed by atoms with Crippen molar-refractivity contribution in [1.82, 2.24) is 56.4 Å². The summed E-state index contributed by atoms with van der Waals surface area (Å²) < 4.78 is 16.6. The van der Waals surface area contributed by atoms with Crippen LogP contribution in [0.5, 0.6) is 17.2 Å². The van der Waals surface area contributed by atoms with Crippen LogP contribution in [0.2, 0.25) is 0 Å². The summed E-state index contributed by atoms with van der Waals surface area (Å²) in [5.74, 6) is -11.3. The predicted octanol–water partition coefficient (Wildman–Crippen LogP) is -5.79. The Morgan fingerprint density at radius 3 is 2.16 bits per heavy atom. The number of ether oxygens (including phenoxy) is 1. The fourth-order valence-corrected chi connectivity index (χ4v) is 12.0. The summed E-state index contributed by atoms with van der Waals surface area (Å²) in [6, 6.07) is 3.97. The number of hydrogen-bond acceptors (Lipinski definition) is 26. The smallest absolute Gasteiger partial charge is 0.691 e. The number of aliphatic hydroxyl groups is 7. The molecule has 14 unspecified atom stereocenters. The quantitative estimate of drug-likeness (QED) is 0.0101. The van der Waals surface area contributed by atoms with E-state index in [0.717, 1.165) is 72.0 Å². The normalized spacial score (nSPS) is 24.5. The second-order valence-corrected chi connectivity index (χ2v) is 24.3. The summed E-state index contributed by atoms with van der Waals surface area (Å²) in [7, 11) is 0. The van der Waals surface area contributed by atoms with E-state index in [-0.39, 0.29) is 53.0 Å². The number of nitrogens with one attached hydrogen (secondary N) is 5. The summed E-state index contributed by atoms with van der Waals surface area (Å²) in [6.07, 6.45) is -8.46. The van der Waals surface area contributed by atoms with Crippen LogP contribution in [-0.4, -0.2) is 217 Å². The van der Waals surface area contributed by atoms with Crippen LogP contribution >= 0.6 is 23.7 Å². The van der Waals surface area contributed by atoms with Gasteiger partial charge in [0.15, 0.2) is 16.5 Å². The van der Waals surface area contributed by atoms with Crippen molar-refractivity contribution >= 4 is 70.9 Å². The molecule has 8 rings (SSSR count). The second-order valence-electron chi connectivity index (χ2n) is 22.9. The van der Waals surface area contributed by atoms with Crippen molar-refractivity contribution in [2.75, 3.05) is 26.2 Å². The van der Waals surface area contributed by atoms with E-state index in [4.69, 9.17) is 14.7 Å². The van der Waals surface area contributed by atoms with Gasteiger partial charge in [-0.2, -0.15) is 5.10 Å². The number of aromatic nitrogens is 4. The number of carbonyl (C=O) groups is 8. The van der Waals surface area contributed by atoms with Crippen LogP contribution in [-0.2, 0) is 42.9 Å². The van der Waals surface area contributed by atoms with E-state index in [1.807, 2.05) is 24.3 Å². The minimum atomic E-state index is -2.54. The first-order valence-electron chi connectivity index (χ1n) is 29.9. The van der Waals surface area contributed by atoms with Crippen LogP contribution < -0.4 is 76.1 Å². The van der Waals surface area contributed by atoms with E-state index >= 15 is 0 Å². The van der Waals surface area contributed by atoms with Gasteiger partial charge in [0.2, 0.25) is 41.4 Å². The molecule has 2 aromatic heterocycles. The van der Waals surface area contributed by atoms with Crippen LogP contribution in [0.4, 0.5) is 0 Å². The predicted molar refractivity (Wildman–Crippen MR) is 326 cm³/mol. The van der Waals surface area contributed by atoms with Crippen molar-refractivity contribution in [1.29, 1.82) is 0 Å². The molecule has 14 atom stereocenters. The van der Waals surface area contributed by atoms with E-state index in [0.29, 0.717) is 27.7 Å². The Balaban J connectivity index is 0.0000128. The van der Waals surface area contributed by atoms with Crippen molar-refractivity contribution in [3.63, 3.8) is 0 Å². The number of aromatic hydroxyl groups is 1. The van der Waals surface area contributed by atoms with Crippen molar-refractivity contribution < 1.29 is 132 Å². The molecule has 15 N–H and O–H groups in total. The first-order chi connectivity index (χ1) is 44.9. The Labute approximate surface area is 573 Å². The van der Waals surface area contributed by atoms with Gasteiger partial charge >= 0.3 is 29.6 Å². The van der Waals surface area contributed by atoms with Gasteiger partial charge in [-0.15, -0.1) is 14.5 Å². The minimum Gasteiger partial charge on any atom is -0.691 e. The molecule has 8 amide bonds. The van der Waals surface area contributed by atoms with Crippen molar-refractivity contribution in [2.45, 2.75) is 145 Å². The number of aliphatic hydroxyl groups excluding tert-OH is 7. The number of carbonyl (C=O) groups excluding carboxylic acids is 8. The molecular formula is C59H73N12NaO21S2. The van der Waals surface area contributed by atoms with E-state index in [9.17, 15) is 84.5 Å². The summed E-state index contributed by atoms with van der Waals surface area (Å²) >= 11 is 1.15. The average molecular weight is 1370 g/mol. The van der Waals surface area contributed by atoms with Gasteiger partial charge in [0, 0.05) is 55.7 Å². The molecule has 3 saturated heterocycles. The van der Waals surface area contributed by atoms with E-state index in [2.05, 4.69) is 58.2 Å². The number of primary amides is 1. The van der Waals surface area contributed by atoms with Crippen molar-refractivity contribution in [3.8, 4) is 44.1 Å². The molecule has 0 saturated carbocycles. The summed E-state index contributed by atoms with van der Waals surface area (Å²) in [6.45, 7) is 3.42. The number of amides is 8. The fourth-order valence-electron chi connectivity index (χ4n) is 10.9. The number of hydrogen-bond donors (Lipinski definition) is 14. The zero-order chi connectivity index (χ0) is 68.1. The van der Waals surface area contributed by atoms with Gasteiger partial charge in [0.25, 0.3) is 18.2 Å². The largest absolute Gasteiger partial charge is 1.00 e. The molecule has 3 aromatic carbocycles. The Bertz CT molecular complexity index is 3480. The maximum atomic E-state index is 14.7. The molecule has 0 bridgehead atoms. The zero-order valence-corrected chi connectivity index (χ0v) is 55.5. The molecule has 33 nitrogen and oxygen atoms in total. The molecule has 3 aliphatic heterocycles. The number of phenols is 1. The number of rotatable bonds is 22. The van der Waals surface area contributed by atoms with Gasteiger partial charge in [0.1, 0.15) is 59.2 Å². The number of nitrogens with zero attached hydrogens (tertiary/aromatic N) is 6. The standard InChI is InChI=1S/C59H74N12O21S2.Na/c1-4-5-6-7-18-89-37-15-13-34(14-16-37)71-26-33(23-62-71)57-68-67-56(93-57)31-10-8-30(9-11-31)51(81)63-38-20-35(73)24-61-55(85)47-48(78)28(2)25-70(47)59(87)45(41(76)22-43(60)77)65-54(84)46(50(80)49(79)32-12-17-40(75)42(19-32)90-94-92-91-88)66-53(83)39-21-36(74)27-69(39)58(86)44(29(3)72)64-52(38)82;/h8-17,19,23,26,28-29,35-36,38-39,41,44-50,72-76,78-80,88H,4-7,18,20-22,24-25,27H2,1-3H3,(H2,60,77)(H,61,85)(H,63,81)(H,64,82)(H,65,84)(H,66,83);/q;+1/p-1. The first kappa shape index (κ1) is 74.9. The maximum Gasteiger partial charge on any atom is 1.00 e. The molecule has 5 heterocycles. The van der Waals surface area contributed by atoms with E-state index in [1.54, 1.807) is 29.2 Å². The van der Waals surface area contributed by atoms with Gasteiger partial charge in [-0.25, -0.2) is 4.68 Å². The Kier molecular flexibility index (Phi) is 27.2. The van der Waals surface area contributed by atoms with Crippen molar-refractivity contribution in [2.24, 2.45) is 11.7 Å². The van der Waals surface area contributed by atoms with E-state index < -0.39 is 183 Å². The minimum absolute atomic E-state index is 0. The zero-order valence-electron chi connectivity index (χ0n) is 51.8. The van der Waals surface area contributed by atoms with Gasteiger partial charge in [-0.3, -0.25) is 43.4 Å². The number of nitrogens with two attached hydrogens (primary N) is 1. The number of phenolic OH excluding ortho intramolecular Hbond substituents is 1. The first-order valence-corrected chi connectivity index (χ1v) is 31.4. The number of benzene rings is 3. The molecule has 5 aromatic rings. The topological polar surface area (TPSA) is 495 Å². The van der Waals surface area contributed by atoms with Crippen molar-refractivity contribution in [3.05, 3.63) is 90.3 Å². The Morgan fingerprint density at radius 2 is 1.48 bits per heavy atom. The third kappa shape index (κ3) is 19.0. The average Bonchev–Trinajstić information content (AvgIpc) is 1.73. The van der Waals surface area contributed by atoms with Crippen LogP contribution in [0.3, 0.4) is 0 Å². The van der Waals surface area contributed by atoms with Crippen LogP contribution in [0.15, 0.2) is 79.1 Å². The molecule has 3 aliphatic rings. The SMILES string of the molecule is CCCCCCOc1ccc(-n2cc(-c3nnc(-c4ccc(C(=O)NC5CC(O)CNC(=O)C6C(O)C(C)CN6C(=O)C(C(O)CC(N)=O)NC(=O)C(C(O)C(O)c6ccc(O)c(OSOO[O-])c6)NC(=O)C6CC(O)CN6C(=O)C(C(C)O)NC5=O)cc4)s3)cn2)cc1.[Na+]. The molecule has 36 heteroatoms.